The average molecular weight is 463 g/mol. The lowest BCUT2D eigenvalue weighted by molar-refractivity contribution is 0.105. The van der Waals surface area contributed by atoms with E-state index in [1.807, 2.05) is 10.9 Å². The summed E-state index contributed by atoms with van der Waals surface area (Å²) in [5, 5.41) is 25.0. The van der Waals surface area contributed by atoms with Crippen LogP contribution in [0.4, 0.5) is 8.78 Å². The molecule has 0 bridgehead atoms. The highest BCUT2D eigenvalue weighted by molar-refractivity contribution is 5.88. The van der Waals surface area contributed by atoms with E-state index in [1.165, 1.54) is 12.1 Å². The van der Waals surface area contributed by atoms with Crippen molar-refractivity contribution in [3.8, 4) is 11.1 Å². The van der Waals surface area contributed by atoms with E-state index in [4.69, 9.17) is 10.8 Å². The number of nitrogens with zero attached hydrogens (tertiary/aromatic N) is 6. The Morgan fingerprint density at radius 3 is 2.71 bits per heavy atom. The summed E-state index contributed by atoms with van der Waals surface area (Å²) < 4.78 is 33.3. The molecule has 1 aromatic carbocycles. The maximum Gasteiger partial charge on any atom is 0.148 e. The van der Waals surface area contributed by atoms with Crippen LogP contribution < -0.4 is 5.49 Å². The van der Waals surface area contributed by atoms with Gasteiger partial charge in [-0.1, -0.05) is 6.92 Å². The lowest BCUT2D eigenvalue weighted by Crippen LogP contribution is -2.47. The molecule has 1 aliphatic heterocycles. The second-order valence-corrected chi connectivity index (χ2v) is 8.55. The fourth-order valence-corrected chi connectivity index (χ4v) is 4.18. The van der Waals surface area contributed by atoms with E-state index >= 15 is 4.39 Å². The molecule has 0 saturated carbocycles. The standard InChI is InChI=1S/C24H24F2N8/c1-3-32-12-17(13-32)33-11-16(10-30-33)15-6-19-21(29-9-15)8-20(25)18(24(19)26)7-23(28)34-22(27)5-4-14(2)31-34/h4-6,8-11,17,27-28H,3,7,12-13H2,1-2H3. The summed E-state index contributed by atoms with van der Waals surface area (Å²) in [6, 6.07) is 6.27. The van der Waals surface area contributed by atoms with E-state index in [0.717, 1.165) is 29.9 Å². The SMILES string of the molecule is CCN1CC(n2cc(-c3cnc4cc(F)c(CC(=N)n5nc(C)ccc5=N)c(F)c4c3)cn2)C1. The van der Waals surface area contributed by atoms with E-state index in [2.05, 4.69) is 27.0 Å². The number of hydrogen-bond donors (Lipinski definition) is 2. The molecule has 3 aromatic heterocycles. The molecule has 0 atom stereocenters. The fourth-order valence-electron chi connectivity index (χ4n) is 4.18. The van der Waals surface area contributed by atoms with Gasteiger partial charge in [0.1, 0.15) is 23.0 Å². The molecule has 10 heteroatoms. The minimum Gasteiger partial charge on any atom is -0.299 e. The smallest absolute Gasteiger partial charge is 0.148 e. The Bertz CT molecular complexity index is 1470. The zero-order chi connectivity index (χ0) is 24.0. The molecular formula is C24H24F2N8. The zero-order valence-corrected chi connectivity index (χ0v) is 18.9. The van der Waals surface area contributed by atoms with Crippen LogP contribution in [-0.4, -0.2) is 54.9 Å². The first kappa shape index (κ1) is 22.0. The van der Waals surface area contributed by atoms with Gasteiger partial charge in [0.05, 0.1) is 23.4 Å². The van der Waals surface area contributed by atoms with Crippen molar-refractivity contribution in [1.82, 2.24) is 29.4 Å². The van der Waals surface area contributed by atoms with Crippen molar-refractivity contribution >= 4 is 16.7 Å². The second-order valence-electron chi connectivity index (χ2n) is 8.55. The van der Waals surface area contributed by atoms with E-state index in [0.29, 0.717) is 17.3 Å². The molecule has 0 aliphatic carbocycles. The van der Waals surface area contributed by atoms with Crippen LogP contribution in [0.5, 0.6) is 0 Å². The van der Waals surface area contributed by atoms with Crippen LogP contribution in [-0.2, 0) is 6.42 Å². The molecule has 0 spiro atoms. The third kappa shape index (κ3) is 3.90. The van der Waals surface area contributed by atoms with Gasteiger partial charge in [0.2, 0.25) is 0 Å². The molecule has 5 rings (SSSR count). The normalized spacial score (nSPS) is 14.5. The first-order chi connectivity index (χ1) is 16.3. The van der Waals surface area contributed by atoms with Gasteiger partial charge >= 0.3 is 0 Å². The van der Waals surface area contributed by atoms with Gasteiger partial charge in [0, 0.05) is 60.0 Å². The van der Waals surface area contributed by atoms with Gasteiger partial charge in [0.15, 0.2) is 0 Å². The van der Waals surface area contributed by atoms with E-state index in [-0.39, 0.29) is 34.2 Å². The summed E-state index contributed by atoms with van der Waals surface area (Å²) in [6.45, 7) is 6.76. The lowest BCUT2D eigenvalue weighted by Gasteiger charge is -2.38. The molecule has 174 valence electrons. The Hall–Kier alpha value is -3.79. The van der Waals surface area contributed by atoms with Crippen molar-refractivity contribution in [2.24, 2.45) is 0 Å². The van der Waals surface area contributed by atoms with Gasteiger partial charge in [-0.05, 0) is 31.7 Å². The Morgan fingerprint density at radius 2 is 1.94 bits per heavy atom. The van der Waals surface area contributed by atoms with Gasteiger partial charge in [-0.2, -0.15) is 10.2 Å². The molecule has 4 aromatic rings. The number of pyridine rings is 1. The number of hydrogen-bond acceptors (Lipinski definition) is 6. The van der Waals surface area contributed by atoms with Crippen LogP contribution >= 0.6 is 0 Å². The second kappa shape index (κ2) is 8.53. The van der Waals surface area contributed by atoms with Crippen LogP contribution in [0.1, 0.15) is 24.2 Å². The van der Waals surface area contributed by atoms with E-state index in [9.17, 15) is 4.39 Å². The van der Waals surface area contributed by atoms with Gasteiger partial charge in [0.25, 0.3) is 0 Å². The predicted molar refractivity (Wildman–Crippen MR) is 124 cm³/mol. The first-order valence-electron chi connectivity index (χ1n) is 11.1. The third-order valence-corrected chi connectivity index (χ3v) is 6.23. The number of rotatable bonds is 5. The quantitative estimate of drug-likeness (QED) is 0.351. The van der Waals surface area contributed by atoms with Crippen molar-refractivity contribution in [3.05, 3.63) is 71.2 Å². The van der Waals surface area contributed by atoms with Crippen LogP contribution in [0.15, 0.2) is 42.9 Å². The highest BCUT2D eigenvalue weighted by Crippen LogP contribution is 2.29. The van der Waals surface area contributed by atoms with Crippen molar-refractivity contribution in [2.45, 2.75) is 26.3 Å². The number of aromatic nitrogens is 5. The summed E-state index contributed by atoms with van der Waals surface area (Å²) in [6.07, 6.45) is 4.89. The van der Waals surface area contributed by atoms with Crippen molar-refractivity contribution in [3.63, 3.8) is 0 Å². The molecule has 8 nitrogen and oxygen atoms in total. The van der Waals surface area contributed by atoms with Gasteiger partial charge in [-0.3, -0.25) is 25.4 Å². The zero-order valence-electron chi connectivity index (χ0n) is 18.9. The third-order valence-electron chi connectivity index (χ3n) is 6.23. The number of halogens is 2. The predicted octanol–water partition coefficient (Wildman–Crippen LogP) is 3.31. The Labute approximate surface area is 194 Å². The highest BCUT2D eigenvalue weighted by Gasteiger charge is 2.27. The topological polar surface area (TPSA) is 99.5 Å². The number of nitrogens with one attached hydrogen (secondary N) is 2. The Balaban J connectivity index is 1.47. The Kier molecular flexibility index (Phi) is 5.52. The molecule has 1 saturated heterocycles. The maximum atomic E-state index is 15.5. The molecule has 0 amide bonds. The summed E-state index contributed by atoms with van der Waals surface area (Å²) >= 11 is 0. The molecule has 1 aliphatic rings. The number of fused-ring (bicyclic) bond motifs is 1. The summed E-state index contributed by atoms with van der Waals surface area (Å²) in [7, 11) is 0. The van der Waals surface area contributed by atoms with Crippen LogP contribution in [0.3, 0.4) is 0 Å². The van der Waals surface area contributed by atoms with Crippen LogP contribution in [0, 0.1) is 29.4 Å². The summed E-state index contributed by atoms with van der Waals surface area (Å²) in [4.78, 5) is 6.59. The molecule has 0 unspecified atom stereocenters. The van der Waals surface area contributed by atoms with Crippen LogP contribution in [0.25, 0.3) is 22.0 Å². The maximum absolute atomic E-state index is 15.5. The summed E-state index contributed by atoms with van der Waals surface area (Å²) in [5.74, 6) is -1.75. The number of benzene rings is 1. The molecule has 4 heterocycles. The molecule has 1 fully saturated rings. The number of likely N-dealkylation sites (N-methyl/N-ethyl adjacent to an activating group) is 1. The number of aryl methyl sites for hydroxylation is 1. The van der Waals surface area contributed by atoms with Gasteiger partial charge in [-0.15, -0.1) is 0 Å². The van der Waals surface area contributed by atoms with Crippen molar-refractivity contribution in [1.29, 1.82) is 10.8 Å². The molecule has 2 N–H and O–H groups in total. The minimum atomic E-state index is -0.784. The van der Waals surface area contributed by atoms with Crippen molar-refractivity contribution < 1.29 is 8.78 Å². The van der Waals surface area contributed by atoms with Gasteiger partial charge in [-0.25, -0.2) is 13.5 Å². The fraction of sp³-hybridized carbons (Fsp3) is 0.292. The molecule has 34 heavy (non-hydrogen) atoms. The van der Waals surface area contributed by atoms with E-state index < -0.39 is 11.6 Å². The van der Waals surface area contributed by atoms with Crippen LogP contribution in [0.2, 0.25) is 0 Å². The van der Waals surface area contributed by atoms with Crippen molar-refractivity contribution in [2.75, 3.05) is 19.6 Å². The Morgan fingerprint density at radius 1 is 1.15 bits per heavy atom. The highest BCUT2D eigenvalue weighted by atomic mass is 19.1. The summed E-state index contributed by atoms with van der Waals surface area (Å²) in [5.41, 5.74) is 1.99. The minimum absolute atomic E-state index is 0.0355. The molecule has 0 radical (unpaired) electrons. The lowest BCUT2D eigenvalue weighted by atomic mass is 10.0. The average Bonchev–Trinajstić information content (AvgIpc) is 3.27. The molecular weight excluding hydrogens is 438 g/mol. The van der Waals surface area contributed by atoms with Gasteiger partial charge < -0.3 is 0 Å². The van der Waals surface area contributed by atoms with E-state index in [1.54, 1.807) is 31.5 Å². The largest absolute Gasteiger partial charge is 0.299 e. The number of likely N-dealkylation sites (tertiary alicyclic amines) is 1. The monoisotopic (exact) mass is 462 g/mol. The first-order valence-corrected chi connectivity index (χ1v) is 11.1.